The maximum atomic E-state index is 12.7. The van der Waals surface area contributed by atoms with Crippen molar-refractivity contribution in [3.63, 3.8) is 0 Å². The summed E-state index contributed by atoms with van der Waals surface area (Å²) >= 11 is 0. The molecular formula is C40H54N2O6. The Morgan fingerprint density at radius 2 is 1.23 bits per heavy atom. The Morgan fingerprint density at radius 1 is 0.729 bits per heavy atom. The number of carbonyl (C=O) groups excluding carboxylic acids is 3. The molecule has 260 valence electrons. The highest BCUT2D eigenvalue weighted by Crippen LogP contribution is 2.19. The number of rotatable bonds is 13. The van der Waals surface area contributed by atoms with Crippen LogP contribution in [0, 0.1) is 0 Å². The molecule has 0 amide bonds. The molecule has 0 atom stereocenters. The van der Waals surface area contributed by atoms with Crippen LogP contribution in [0.3, 0.4) is 0 Å². The van der Waals surface area contributed by atoms with E-state index in [1.807, 2.05) is 27.7 Å². The van der Waals surface area contributed by atoms with Crippen LogP contribution in [-0.2, 0) is 9.53 Å². The number of unbranched alkanes of at least 4 members (excludes halogenated alkanes) is 1. The third kappa shape index (κ3) is 17.5. The monoisotopic (exact) mass is 658 g/mol. The zero-order chi connectivity index (χ0) is 36.5. The number of allylic oxidation sites excluding steroid dienone is 4. The van der Waals surface area contributed by atoms with Gasteiger partial charge in [-0.2, -0.15) is 0 Å². The first-order valence-corrected chi connectivity index (χ1v) is 16.4. The van der Waals surface area contributed by atoms with Crippen LogP contribution in [0.1, 0.15) is 101 Å². The van der Waals surface area contributed by atoms with E-state index in [-0.39, 0.29) is 12.4 Å². The van der Waals surface area contributed by atoms with Crippen LogP contribution < -0.4 is 20.9 Å². The minimum absolute atomic E-state index is 0.164. The lowest BCUT2D eigenvalue weighted by atomic mass is 10.0. The lowest BCUT2D eigenvalue weighted by Crippen LogP contribution is -2.09. The summed E-state index contributed by atoms with van der Waals surface area (Å²) in [5.41, 5.74) is 15.1. The largest absolute Gasteiger partial charge is 0.494 e. The van der Waals surface area contributed by atoms with Crippen molar-refractivity contribution in [2.75, 3.05) is 24.7 Å². The number of ketones is 1. The summed E-state index contributed by atoms with van der Waals surface area (Å²) in [6.07, 6.45) is 8.78. The van der Waals surface area contributed by atoms with E-state index in [1.165, 1.54) is 17.7 Å². The third-order valence-electron chi connectivity index (χ3n) is 5.85. The quantitative estimate of drug-likeness (QED) is 0.0353. The Balaban J connectivity index is 0.00000159. The van der Waals surface area contributed by atoms with Crippen molar-refractivity contribution >= 4 is 29.1 Å². The lowest BCUT2D eigenvalue weighted by Gasteiger charge is -2.09. The fourth-order valence-corrected chi connectivity index (χ4v) is 3.57. The van der Waals surface area contributed by atoms with Gasteiger partial charge < -0.3 is 25.7 Å². The molecule has 8 nitrogen and oxygen atoms in total. The van der Waals surface area contributed by atoms with E-state index in [9.17, 15) is 14.4 Å². The van der Waals surface area contributed by atoms with E-state index >= 15 is 0 Å². The number of benzene rings is 3. The van der Waals surface area contributed by atoms with Crippen LogP contribution in [0.2, 0.25) is 0 Å². The van der Waals surface area contributed by atoms with Gasteiger partial charge in [0.1, 0.15) is 11.5 Å². The highest BCUT2D eigenvalue weighted by atomic mass is 16.5. The molecule has 3 aromatic carbocycles. The molecular weight excluding hydrogens is 604 g/mol. The van der Waals surface area contributed by atoms with Crippen molar-refractivity contribution in [2.24, 2.45) is 0 Å². The Morgan fingerprint density at radius 3 is 1.71 bits per heavy atom. The predicted octanol–water partition coefficient (Wildman–Crippen LogP) is 9.55. The summed E-state index contributed by atoms with van der Waals surface area (Å²) < 4.78 is 16.1. The summed E-state index contributed by atoms with van der Waals surface area (Å²) in [6.45, 7) is 20.1. The first kappa shape index (κ1) is 42.9. The summed E-state index contributed by atoms with van der Waals surface area (Å²) in [5.74, 6) is -0.191. The summed E-state index contributed by atoms with van der Waals surface area (Å²) in [6, 6.07) is 17.8. The second-order valence-corrected chi connectivity index (χ2v) is 10.2. The molecule has 0 aliphatic rings. The van der Waals surface area contributed by atoms with Gasteiger partial charge >= 0.3 is 11.9 Å². The zero-order valence-corrected chi connectivity index (χ0v) is 29.9. The minimum Gasteiger partial charge on any atom is -0.494 e. The zero-order valence-electron chi connectivity index (χ0n) is 29.9. The SMILES string of the molecule is C=C(C)C(=O)Oc1ccc(C(=O)c2ccc(OCCCCOC(=O)c3cc(N)cc(N)c3)cc2)cc1.CC.CC.CC/C=C\C=C(C)C. The van der Waals surface area contributed by atoms with Gasteiger partial charge in [-0.1, -0.05) is 65.0 Å². The number of anilines is 2. The minimum atomic E-state index is -0.519. The van der Waals surface area contributed by atoms with Crippen molar-refractivity contribution in [3.8, 4) is 11.5 Å². The highest BCUT2D eigenvalue weighted by Gasteiger charge is 2.12. The number of esters is 2. The number of carbonyl (C=O) groups is 3. The normalized spacial score (nSPS) is 9.67. The molecule has 0 aliphatic heterocycles. The molecule has 0 bridgehead atoms. The molecule has 4 N–H and O–H groups in total. The van der Waals surface area contributed by atoms with Crippen molar-refractivity contribution in [2.45, 2.75) is 74.7 Å². The number of nitrogen functional groups attached to an aromatic ring is 2. The van der Waals surface area contributed by atoms with Gasteiger partial charge in [0.15, 0.2) is 5.78 Å². The standard InChI is InChI=1S/C28H28N2O6.C8H14.2C2H6/c1-18(2)27(32)36-25-11-7-20(8-12-25)26(31)19-5-9-24(10-6-19)34-13-3-4-14-35-28(33)21-15-22(29)17-23(30)16-21;1-4-5-6-7-8(2)3;2*1-2/h5-12,15-17H,1,3-4,13-14,29-30H2,2H3;5-7H,4H2,1-3H3;2*1-2H3/b;6-5-;;. The highest BCUT2D eigenvalue weighted by molar-refractivity contribution is 6.09. The molecule has 0 spiro atoms. The van der Waals surface area contributed by atoms with Gasteiger partial charge in [0.05, 0.1) is 18.8 Å². The fraction of sp³-hybridized carbons (Fsp3) is 0.325. The van der Waals surface area contributed by atoms with E-state index in [2.05, 4.69) is 45.6 Å². The van der Waals surface area contributed by atoms with Gasteiger partial charge in [0.25, 0.3) is 0 Å². The Bertz CT molecular complexity index is 1450. The van der Waals surface area contributed by atoms with Gasteiger partial charge in [-0.3, -0.25) is 4.79 Å². The number of ether oxygens (including phenoxy) is 3. The second-order valence-electron chi connectivity index (χ2n) is 10.2. The van der Waals surface area contributed by atoms with Crippen LogP contribution in [-0.4, -0.2) is 30.9 Å². The smallest absolute Gasteiger partial charge is 0.338 e. The maximum absolute atomic E-state index is 12.7. The molecule has 8 heteroatoms. The van der Waals surface area contributed by atoms with Gasteiger partial charge in [-0.15, -0.1) is 0 Å². The first-order valence-electron chi connectivity index (χ1n) is 16.4. The Labute approximate surface area is 287 Å². The Kier molecular flexibility index (Phi) is 22.4. The third-order valence-corrected chi connectivity index (χ3v) is 5.85. The van der Waals surface area contributed by atoms with Crippen molar-refractivity contribution < 1.29 is 28.6 Å². The predicted molar refractivity (Wildman–Crippen MR) is 199 cm³/mol. The molecule has 0 saturated carbocycles. The second kappa shape index (κ2) is 25.0. The summed E-state index contributed by atoms with van der Waals surface area (Å²) in [7, 11) is 0. The van der Waals surface area contributed by atoms with Gasteiger partial charge in [-0.25, -0.2) is 9.59 Å². The maximum Gasteiger partial charge on any atom is 0.338 e. The van der Waals surface area contributed by atoms with Crippen molar-refractivity contribution in [1.29, 1.82) is 0 Å². The summed E-state index contributed by atoms with van der Waals surface area (Å²) in [5, 5.41) is 0. The number of hydrogen-bond donors (Lipinski definition) is 2. The van der Waals surface area contributed by atoms with Crippen LogP contribution in [0.25, 0.3) is 0 Å². The molecule has 0 saturated heterocycles. The summed E-state index contributed by atoms with van der Waals surface area (Å²) in [4.78, 5) is 36.4. The van der Waals surface area contributed by atoms with Gasteiger partial charge in [-0.05, 0) is 107 Å². The average Bonchev–Trinajstić information content (AvgIpc) is 3.08. The van der Waals surface area contributed by atoms with Crippen LogP contribution in [0.5, 0.6) is 11.5 Å². The van der Waals surface area contributed by atoms with Crippen LogP contribution >= 0.6 is 0 Å². The molecule has 0 aliphatic carbocycles. The molecule has 48 heavy (non-hydrogen) atoms. The first-order chi connectivity index (χ1) is 23.0. The molecule has 0 heterocycles. The van der Waals surface area contributed by atoms with Crippen molar-refractivity contribution in [3.05, 3.63) is 119 Å². The van der Waals surface area contributed by atoms with E-state index in [1.54, 1.807) is 61.5 Å². The van der Waals surface area contributed by atoms with Crippen LogP contribution in [0.15, 0.2) is 103 Å². The molecule has 0 aromatic heterocycles. The molecule has 0 radical (unpaired) electrons. The Hall–Kier alpha value is -5.11. The van der Waals surface area contributed by atoms with Gasteiger partial charge in [0, 0.05) is 28.1 Å². The molecule has 3 rings (SSSR count). The number of hydrogen-bond acceptors (Lipinski definition) is 8. The number of nitrogens with two attached hydrogens (primary N) is 2. The van der Waals surface area contributed by atoms with E-state index in [0.717, 1.165) is 6.42 Å². The van der Waals surface area contributed by atoms with Gasteiger partial charge in [0.2, 0.25) is 0 Å². The lowest BCUT2D eigenvalue weighted by molar-refractivity contribution is -0.130. The van der Waals surface area contributed by atoms with E-state index in [4.69, 9.17) is 25.7 Å². The molecule has 0 unspecified atom stereocenters. The average molecular weight is 659 g/mol. The van der Waals surface area contributed by atoms with Crippen LogP contribution in [0.4, 0.5) is 11.4 Å². The molecule has 3 aromatic rings. The topological polar surface area (TPSA) is 131 Å². The van der Waals surface area contributed by atoms with Crippen molar-refractivity contribution in [1.82, 2.24) is 0 Å². The van der Waals surface area contributed by atoms with E-state index in [0.29, 0.717) is 64.6 Å². The van der Waals surface area contributed by atoms with E-state index < -0.39 is 11.9 Å². The molecule has 0 fully saturated rings. The fourth-order valence-electron chi connectivity index (χ4n) is 3.57.